The van der Waals surface area contributed by atoms with Crippen LogP contribution in [0.3, 0.4) is 0 Å². The molecule has 0 aliphatic carbocycles. The van der Waals surface area contributed by atoms with Crippen LogP contribution in [0.4, 0.5) is 0 Å². The zero-order valence-electron chi connectivity index (χ0n) is 12.0. The highest BCUT2D eigenvalue weighted by molar-refractivity contribution is 5.93. The fourth-order valence-corrected chi connectivity index (χ4v) is 2.77. The van der Waals surface area contributed by atoms with Crippen molar-refractivity contribution in [1.82, 2.24) is 15.1 Å². The molecule has 0 bridgehead atoms. The molecule has 19 heavy (non-hydrogen) atoms. The molecular weight excluding hydrogens is 238 g/mol. The van der Waals surface area contributed by atoms with Crippen LogP contribution in [0.2, 0.25) is 0 Å². The van der Waals surface area contributed by atoms with E-state index >= 15 is 0 Å². The maximum absolute atomic E-state index is 11.6. The van der Waals surface area contributed by atoms with E-state index in [4.69, 9.17) is 0 Å². The van der Waals surface area contributed by atoms with E-state index in [1.807, 2.05) is 12.1 Å². The predicted molar refractivity (Wildman–Crippen MR) is 77.1 cm³/mol. The van der Waals surface area contributed by atoms with Crippen LogP contribution in [-0.4, -0.2) is 48.9 Å². The number of rotatable bonds is 4. The van der Waals surface area contributed by atoms with Crippen LogP contribution in [0.5, 0.6) is 0 Å². The highest BCUT2D eigenvalue weighted by Crippen LogP contribution is 2.29. The van der Waals surface area contributed by atoms with E-state index < -0.39 is 0 Å². The van der Waals surface area contributed by atoms with Gasteiger partial charge in [-0.25, -0.2) is 0 Å². The number of amides is 1. The van der Waals surface area contributed by atoms with E-state index in [2.05, 4.69) is 41.1 Å². The van der Waals surface area contributed by atoms with Crippen molar-refractivity contribution < 1.29 is 4.79 Å². The fourth-order valence-electron chi connectivity index (χ4n) is 2.77. The molecule has 1 aliphatic rings. The highest BCUT2D eigenvalue weighted by Gasteiger charge is 2.30. The van der Waals surface area contributed by atoms with Crippen molar-refractivity contribution in [2.75, 3.05) is 33.2 Å². The first kappa shape index (κ1) is 14.0. The van der Waals surface area contributed by atoms with Gasteiger partial charge in [0.25, 0.3) is 5.91 Å². The number of nitrogens with zero attached hydrogens (tertiary/aromatic N) is 2. The molecule has 1 aromatic rings. The largest absolute Gasteiger partial charge is 0.355 e. The fraction of sp³-hybridized carbons (Fsp3) is 0.533. The minimum atomic E-state index is -0.0299. The average Bonchev–Trinajstić information content (AvgIpc) is 2.89. The third kappa shape index (κ3) is 2.80. The van der Waals surface area contributed by atoms with Gasteiger partial charge in [-0.1, -0.05) is 26.0 Å². The van der Waals surface area contributed by atoms with Crippen molar-refractivity contribution in [2.24, 2.45) is 0 Å². The quantitative estimate of drug-likeness (QED) is 0.896. The van der Waals surface area contributed by atoms with Crippen molar-refractivity contribution in [3.63, 3.8) is 0 Å². The van der Waals surface area contributed by atoms with Crippen molar-refractivity contribution in [1.29, 1.82) is 0 Å². The van der Waals surface area contributed by atoms with Crippen molar-refractivity contribution in [2.45, 2.75) is 20.0 Å². The Morgan fingerprint density at radius 3 is 2.11 bits per heavy atom. The van der Waals surface area contributed by atoms with Gasteiger partial charge in [0, 0.05) is 25.7 Å². The van der Waals surface area contributed by atoms with Crippen LogP contribution in [0.15, 0.2) is 24.3 Å². The summed E-state index contributed by atoms with van der Waals surface area (Å²) in [4.78, 5) is 16.5. The summed E-state index contributed by atoms with van der Waals surface area (Å²) in [7, 11) is 1.66. The monoisotopic (exact) mass is 261 g/mol. The zero-order chi connectivity index (χ0) is 13.8. The molecule has 0 aromatic heterocycles. The minimum Gasteiger partial charge on any atom is -0.355 e. The molecule has 1 aliphatic heterocycles. The Balaban J connectivity index is 2.22. The van der Waals surface area contributed by atoms with Crippen molar-refractivity contribution >= 4 is 5.91 Å². The first-order valence-electron chi connectivity index (χ1n) is 7.01. The number of hydrogen-bond donors (Lipinski definition) is 1. The molecule has 1 amide bonds. The number of carbonyl (C=O) groups is 1. The first-order valence-corrected chi connectivity index (χ1v) is 7.01. The molecule has 1 heterocycles. The summed E-state index contributed by atoms with van der Waals surface area (Å²) >= 11 is 0. The minimum absolute atomic E-state index is 0.0299. The number of benzene rings is 1. The van der Waals surface area contributed by atoms with E-state index in [9.17, 15) is 4.79 Å². The molecule has 104 valence electrons. The summed E-state index contributed by atoms with van der Waals surface area (Å²) in [6.45, 7) is 8.74. The van der Waals surface area contributed by atoms with Crippen LogP contribution in [0.1, 0.15) is 35.9 Å². The second-order valence-electron chi connectivity index (χ2n) is 4.83. The smallest absolute Gasteiger partial charge is 0.251 e. The number of nitrogens with one attached hydrogen (secondary N) is 1. The Kier molecular flexibility index (Phi) is 4.56. The molecule has 1 aromatic carbocycles. The van der Waals surface area contributed by atoms with E-state index in [1.165, 1.54) is 5.56 Å². The lowest BCUT2D eigenvalue weighted by molar-refractivity contribution is 0.0963. The van der Waals surface area contributed by atoms with Gasteiger partial charge in [0.2, 0.25) is 0 Å². The Hall–Kier alpha value is -1.39. The molecule has 0 radical (unpaired) electrons. The highest BCUT2D eigenvalue weighted by atomic mass is 16.1. The zero-order valence-corrected chi connectivity index (χ0v) is 12.0. The third-order valence-electron chi connectivity index (χ3n) is 3.88. The maximum atomic E-state index is 11.6. The van der Waals surface area contributed by atoms with Gasteiger partial charge < -0.3 is 5.32 Å². The van der Waals surface area contributed by atoms with Gasteiger partial charge in [-0.3, -0.25) is 14.6 Å². The number of carbonyl (C=O) groups excluding carboxylic acids is 1. The van der Waals surface area contributed by atoms with Gasteiger partial charge in [0.15, 0.2) is 0 Å². The van der Waals surface area contributed by atoms with E-state index in [0.717, 1.165) is 31.7 Å². The van der Waals surface area contributed by atoms with Gasteiger partial charge in [-0.15, -0.1) is 0 Å². The van der Waals surface area contributed by atoms with Crippen LogP contribution in [0, 0.1) is 0 Å². The number of hydrogen-bond acceptors (Lipinski definition) is 3. The summed E-state index contributed by atoms with van der Waals surface area (Å²) in [5, 5.41) is 2.65. The van der Waals surface area contributed by atoms with E-state index in [0.29, 0.717) is 6.17 Å². The SMILES string of the molecule is CCN1CCN(CC)C1c1ccc(C(=O)NC)cc1. The van der Waals surface area contributed by atoms with Gasteiger partial charge in [-0.05, 0) is 30.8 Å². The molecule has 4 heteroatoms. The average molecular weight is 261 g/mol. The Bertz CT molecular complexity index is 418. The van der Waals surface area contributed by atoms with E-state index in [-0.39, 0.29) is 5.91 Å². The third-order valence-corrected chi connectivity index (χ3v) is 3.88. The molecular formula is C15H23N3O. The molecule has 0 unspecified atom stereocenters. The Labute approximate surface area is 115 Å². The van der Waals surface area contributed by atoms with Gasteiger partial charge in [0.05, 0.1) is 6.17 Å². The second-order valence-corrected chi connectivity index (χ2v) is 4.83. The lowest BCUT2D eigenvalue weighted by Gasteiger charge is -2.29. The lowest BCUT2D eigenvalue weighted by atomic mass is 10.1. The maximum Gasteiger partial charge on any atom is 0.251 e. The molecule has 1 saturated heterocycles. The molecule has 0 spiro atoms. The van der Waals surface area contributed by atoms with Crippen LogP contribution in [-0.2, 0) is 0 Å². The first-order chi connectivity index (χ1) is 9.21. The van der Waals surface area contributed by atoms with Gasteiger partial charge >= 0.3 is 0 Å². The topological polar surface area (TPSA) is 35.6 Å². The molecule has 2 rings (SSSR count). The summed E-state index contributed by atoms with van der Waals surface area (Å²) in [6, 6.07) is 7.97. The van der Waals surface area contributed by atoms with Crippen LogP contribution >= 0.6 is 0 Å². The van der Waals surface area contributed by atoms with Gasteiger partial charge in [0.1, 0.15) is 0 Å². The standard InChI is InChI=1S/C15H23N3O/c1-4-17-10-11-18(5-2)15(17)13-8-6-12(7-9-13)14(19)16-3/h6-9,15H,4-5,10-11H2,1-3H3,(H,16,19). The predicted octanol–water partition coefficient (Wildman–Crippen LogP) is 1.70. The second kappa shape index (κ2) is 6.17. The van der Waals surface area contributed by atoms with Crippen molar-refractivity contribution in [3.05, 3.63) is 35.4 Å². The Morgan fingerprint density at radius 1 is 1.16 bits per heavy atom. The Morgan fingerprint density at radius 2 is 1.68 bits per heavy atom. The lowest BCUT2D eigenvalue weighted by Crippen LogP contribution is -2.30. The molecule has 1 N–H and O–H groups in total. The normalized spacial score (nSPS) is 17.8. The van der Waals surface area contributed by atoms with Crippen LogP contribution in [0.25, 0.3) is 0 Å². The summed E-state index contributed by atoms with van der Waals surface area (Å²) in [5.41, 5.74) is 1.99. The van der Waals surface area contributed by atoms with Crippen LogP contribution < -0.4 is 5.32 Å². The molecule has 0 saturated carbocycles. The molecule has 1 fully saturated rings. The van der Waals surface area contributed by atoms with Gasteiger partial charge in [-0.2, -0.15) is 0 Å². The summed E-state index contributed by atoms with van der Waals surface area (Å²) in [5.74, 6) is -0.0299. The summed E-state index contributed by atoms with van der Waals surface area (Å²) in [6.07, 6.45) is 0.355. The molecule has 0 atom stereocenters. The van der Waals surface area contributed by atoms with Crippen molar-refractivity contribution in [3.8, 4) is 0 Å². The van der Waals surface area contributed by atoms with E-state index in [1.54, 1.807) is 7.05 Å². The molecule has 4 nitrogen and oxygen atoms in total. The summed E-state index contributed by atoms with van der Waals surface area (Å²) < 4.78 is 0. The number of likely N-dealkylation sites (N-methyl/N-ethyl adjacent to an activating group) is 2.